The van der Waals surface area contributed by atoms with Gasteiger partial charge in [-0.1, -0.05) is 0 Å². The minimum absolute atomic E-state index is 0.500. The molecular formula is C2H5Cl4Sb. The van der Waals surface area contributed by atoms with Gasteiger partial charge in [-0.3, -0.25) is 0 Å². The third kappa shape index (κ3) is 7.98. The van der Waals surface area contributed by atoms with E-state index in [1.54, 1.807) is 6.92 Å². The molecule has 0 aliphatic heterocycles. The van der Waals surface area contributed by atoms with Crippen LogP contribution in [0.4, 0.5) is 0 Å². The van der Waals surface area contributed by atoms with Gasteiger partial charge in [-0.25, -0.2) is 0 Å². The van der Waals surface area contributed by atoms with Crippen LogP contribution in [0.5, 0.6) is 0 Å². The van der Waals surface area contributed by atoms with Gasteiger partial charge in [0.2, 0.25) is 0 Å². The molecule has 0 aromatic carbocycles. The molecule has 0 fully saturated rings. The van der Waals surface area contributed by atoms with Gasteiger partial charge in [0.25, 0.3) is 0 Å². The van der Waals surface area contributed by atoms with Crippen LogP contribution >= 0.6 is 35.3 Å². The molecule has 0 atom stereocenters. The summed E-state index contributed by atoms with van der Waals surface area (Å²) in [5, 5.41) is 0. The van der Waals surface area contributed by atoms with Crippen LogP contribution in [0.2, 0.25) is 4.37 Å². The Bertz CT molecular complexity index is 62.2. The van der Waals surface area contributed by atoms with Crippen LogP contribution in [0.15, 0.2) is 0 Å². The van der Waals surface area contributed by atoms with E-state index in [4.69, 9.17) is 35.3 Å². The number of halogens is 4. The Kier molecular flexibility index (Phi) is 2.96. The van der Waals surface area contributed by atoms with E-state index in [-0.39, 0.29) is 0 Å². The summed E-state index contributed by atoms with van der Waals surface area (Å²) in [4.78, 5) is 0. The van der Waals surface area contributed by atoms with Gasteiger partial charge in [0.05, 0.1) is 0 Å². The van der Waals surface area contributed by atoms with Crippen molar-refractivity contribution < 1.29 is 0 Å². The van der Waals surface area contributed by atoms with Gasteiger partial charge < -0.3 is 0 Å². The Balaban J connectivity index is 3.83. The Morgan fingerprint density at radius 2 is 1.29 bits per heavy atom. The fourth-order valence-corrected chi connectivity index (χ4v) is 0. The van der Waals surface area contributed by atoms with Gasteiger partial charge in [0, 0.05) is 0 Å². The van der Waals surface area contributed by atoms with Crippen molar-refractivity contribution in [3.8, 4) is 0 Å². The van der Waals surface area contributed by atoms with Crippen molar-refractivity contribution in [2.75, 3.05) is 0 Å². The van der Waals surface area contributed by atoms with Gasteiger partial charge in [0.15, 0.2) is 0 Å². The molecule has 0 aliphatic carbocycles. The summed E-state index contributed by atoms with van der Waals surface area (Å²) in [6, 6.07) is 0. The van der Waals surface area contributed by atoms with E-state index < -0.39 is 12.8 Å². The summed E-state index contributed by atoms with van der Waals surface area (Å²) in [6.45, 7) is 1.78. The first kappa shape index (κ1) is 8.98. The molecule has 0 nitrogen and oxygen atoms in total. The summed E-state index contributed by atoms with van der Waals surface area (Å²) in [5.74, 6) is 0. The van der Waals surface area contributed by atoms with E-state index in [1.807, 2.05) is 0 Å². The molecule has 0 aromatic heterocycles. The average molecular weight is 293 g/mol. The van der Waals surface area contributed by atoms with E-state index in [2.05, 4.69) is 0 Å². The molecule has 0 amide bonds. The van der Waals surface area contributed by atoms with Crippen molar-refractivity contribution in [2.24, 2.45) is 0 Å². The van der Waals surface area contributed by atoms with Crippen molar-refractivity contribution in [1.82, 2.24) is 0 Å². The van der Waals surface area contributed by atoms with Gasteiger partial charge in [-0.05, 0) is 0 Å². The van der Waals surface area contributed by atoms with Gasteiger partial charge in [-0.2, -0.15) is 0 Å². The zero-order valence-electron chi connectivity index (χ0n) is 3.67. The molecule has 0 N–H and O–H groups in total. The SMILES string of the molecule is C[CH2][Sb]([Cl])([Cl])([Cl])[Cl]. The van der Waals surface area contributed by atoms with Crippen molar-refractivity contribution in [3.05, 3.63) is 0 Å². The quantitative estimate of drug-likeness (QED) is 0.650. The zero-order valence-corrected chi connectivity index (χ0v) is 9.24. The number of hydrogen-bond donors (Lipinski definition) is 0. The second-order valence-corrected chi connectivity index (χ2v) is 34.9. The van der Waals surface area contributed by atoms with Crippen LogP contribution in [0.3, 0.4) is 0 Å². The predicted molar refractivity (Wildman–Crippen MR) is 39.6 cm³/mol. The second-order valence-electron chi connectivity index (χ2n) is 1.18. The van der Waals surface area contributed by atoms with E-state index in [0.29, 0.717) is 4.37 Å². The molecule has 0 saturated carbocycles. The molecule has 0 aromatic rings. The second kappa shape index (κ2) is 2.31. The topological polar surface area (TPSA) is 0 Å². The Morgan fingerprint density at radius 1 is 1.14 bits per heavy atom. The molecule has 5 heteroatoms. The molecule has 0 spiro atoms. The van der Waals surface area contributed by atoms with E-state index in [1.165, 1.54) is 0 Å². The van der Waals surface area contributed by atoms with Gasteiger partial charge >= 0.3 is 59.4 Å². The first-order valence-corrected chi connectivity index (χ1v) is 16.4. The molecule has 0 saturated heterocycles. The first-order chi connectivity index (χ1) is 2.81. The van der Waals surface area contributed by atoms with Crippen molar-refractivity contribution in [2.45, 2.75) is 11.3 Å². The molecule has 46 valence electrons. The van der Waals surface area contributed by atoms with E-state index >= 15 is 0 Å². The molecule has 0 radical (unpaired) electrons. The third-order valence-electron chi connectivity index (χ3n) is 0.478. The Morgan fingerprint density at radius 3 is 1.29 bits per heavy atom. The third-order valence-corrected chi connectivity index (χ3v) is 9.62. The van der Waals surface area contributed by atoms with Gasteiger partial charge in [-0.15, -0.1) is 0 Å². The summed E-state index contributed by atoms with van der Waals surface area (Å²) in [6.07, 6.45) is 0. The van der Waals surface area contributed by atoms with Crippen molar-refractivity contribution in [3.63, 3.8) is 0 Å². The monoisotopic (exact) mass is 290 g/mol. The minimum atomic E-state index is -3.86. The van der Waals surface area contributed by atoms with Crippen LogP contribution in [0, 0.1) is 0 Å². The number of rotatable bonds is 1. The fourth-order valence-electron chi connectivity index (χ4n) is 0. The zero-order chi connectivity index (χ0) is 6.15. The summed E-state index contributed by atoms with van der Waals surface area (Å²) in [5.41, 5.74) is 0. The molecular weight excluding hydrogens is 288 g/mol. The molecule has 0 unspecified atom stereocenters. The first-order valence-electron chi connectivity index (χ1n) is 1.70. The molecule has 0 aliphatic rings. The van der Waals surface area contributed by atoms with Crippen LogP contribution < -0.4 is 0 Å². The van der Waals surface area contributed by atoms with Crippen LogP contribution in [0.25, 0.3) is 0 Å². The summed E-state index contributed by atoms with van der Waals surface area (Å²) >= 11 is -3.86. The van der Waals surface area contributed by atoms with Crippen LogP contribution in [-0.2, 0) is 0 Å². The molecule has 0 heterocycles. The summed E-state index contributed by atoms with van der Waals surface area (Å²) < 4.78 is 0.500. The maximum absolute atomic E-state index is 5.47. The molecule has 7 heavy (non-hydrogen) atoms. The van der Waals surface area contributed by atoms with Crippen molar-refractivity contribution in [1.29, 1.82) is 0 Å². The van der Waals surface area contributed by atoms with Crippen LogP contribution in [-0.4, -0.2) is 12.8 Å². The van der Waals surface area contributed by atoms with E-state index in [9.17, 15) is 0 Å². The Hall–Kier alpha value is 1.98. The van der Waals surface area contributed by atoms with Crippen LogP contribution in [0.1, 0.15) is 6.92 Å². The summed E-state index contributed by atoms with van der Waals surface area (Å²) in [7, 11) is 21.9. The van der Waals surface area contributed by atoms with Crippen molar-refractivity contribution >= 4 is 48.1 Å². The maximum atomic E-state index is 5.47. The fraction of sp³-hybridized carbons (Fsp3) is 1.00. The molecule has 0 rings (SSSR count). The van der Waals surface area contributed by atoms with Gasteiger partial charge in [0.1, 0.15) is 0 Å². The average Bonchev–Trinajstić information content (AvgIpc) is 1.32. The Labute approximate surface area is 58.8 Å². The normalized spacial score (nSPS) is 18.1. The number of hydrogen-bond acceptors (Lipinski definition) is 0. The standard InChI is InChI=1S/C2H5.4ClH.Sb/c1-2;;;;;/h1H2,2H3;4*1H;/q;;;;;+4/p-4. The van der Waals surface area contributed by atoms with E-state index in [0.717, 1.165) is 0 Å². The molecule has 0 bridgehead atoms. The predicted octanol–water partition coefficient (Wildman–Crippen LogP) is 3.35.